The Hall–Kier alpha value is -2.62. The van der Waals surface area contributed by atoms with Gasteiger partial charge in [-0.25, -0.2) is 4.79 Å². The first-order valence-electron chi connectivity index (χ1n) is 6.87. The summed E-state index contributed by atoms with van der Waals surface area (Å²) in [6, 6.07) is 17.8. The van der Waals surface area contributed by atoms with Crippen molar-refractivity contribution in [1.29, 1.82) is 0 Å². The Kier molecular flexibility index (Phi) is 3.44. The van der Waals surface area contributed by atoms with Crippen molar-refractivity contribution in [3.05, 3.63) is 65.7 Å². The van der Waals surface area contributed by atoms with Gasteiger partial charge < -0.3 is 5.11 Å². The van der Waals surface area contributed by atoms with Crippen LogP contribution in [0.2, 0.25) is 0 Å². The SMILES string of the molecule is Cc1ccc(N2N=C(C(=O)O)C[C@@H]2c2ccccc2)cc1. The number of aliphatic carboxylic acids is 1. The molecule has 0 amide bonds. The largest absolute Gasteiger partial charge is 0.477 e. The minimum atomic E-state index is -0.953. The topological polar surface area (TPSA) is 52.9 Å². The van der Waals surface area contributed by atoms with E-state index in [1.165, 1.54) is 0 Å². The lowest BCUT2D eigenvalue weighted by molar-refractivity contribution is -0.129. The van der Waals surface area contributed by atoms with E-state index in [2.05, 4.69) is 5.10 Å². The molecule has 0 unspecified atom stereocenters. The zero-order valence-corrected chi connectivity index (χ0v) is 11.7. The number of nitrogens with zero attached hydrogens (tertiary/aromatic N) is 2. The van der Waals surface area contributed by atoms with Gasteiger partial charge in [-0.1, -0.05) is 48.0 Å². The van der Waals surface area contributed by atoms with Crippen molar-refractivity contribution in [2.75, 3.05) is 5.01 Å². The molecule has 1 aliphatic rings. The molecule has 2 aromatic carbocycles. The van der Waals surface area contributed by atoms with Crippen molar-refractivity contribution in [3.8, 4) is 0 Å². The first-order valence-corrected chi connectivity index (χ1v) is 6.87. The predicted octanol–water partition coefficient (Wildman–Crippen LogP) is 3.39. The van der Waals surface area contributed by atoms with Gasteiger partial charge in [-0.05, 0) is 24.6 Å². The molecule has 0 fully saturated rings. The lowest BCUT2D eigenvalue weighted by Gasteiger charge is -2.24. The van der Waals surface area contributed by atoms with E-state index >= 15 is 0 Å². The third-order valence-corrected chi connectivity index (χ3v) is 3.64. The maximum absolute atomic E-state index is 11.3. The van der Waals surface area contributed by atoms with E-state index < -0.39 is 5.97 Å². The molecule has 0 saturated carbocycles. The third-order valence-electron chi connectivity index (χ3n) is 3.64. The highest BCUT2D eigenvalue weighted by atomic mass is 16.4. The highest BCUT2D eigenvalue weighted by molar-refractivity contribution is 6.36. The van der Waals surface area contributed by atoms with Crippen LogP contribution in [0.3, 0.4) is 0 Å². The molecule has 0 spiro atoms. The first-order chi connectivity index (χ1) is 10.1. The maximum Gasteiger partial charge on any atom is 0.352 e. The number of hydrazone groups is 1. The van der Waals surface area contributed by atoms with Gasteiger partial charge >= 0.3 is 5.97 Å². The van der Waals surface area contributed by atoms with E-state index in [0.29, 0.717) is 6.42 Å². The van der Waals surface area contributed by atoms with Gasteiger partial charge in [-0.15, -0.1) is 0 Å². The van der Waals surface area contributed by atoms with Crippen LogP contribution < -0.4 is 5.01 Å². The second-order valence-corrected chi connectivity index (χ2v) is 5.16. The summed E-state index contributed by atoms with van der Waals surface area (Å²) in [5.41, 5.74) is 3.34. The Bertz CT molecular complexity index is 678. The van der Waals surface area contributed by atoms with Gasteiger partial charge in [-0.3, -0.25) is 5.01 Å². The molecular formula is C17H16N2O2. The van der Waals surface area contributed by atoms with Crippen LogP contribution >= 0.6 is 0 Å². The van der Waals surface area contributed by atoms with E-state index in [4.69, 9.17) is 0 Å². The number of anilines is 1. The number of carbonyl (C=O) groups is 1. The number of benzene rings is 2. The highest BCUT2D eigenvalue weighted by Crippen LogP contribution is 2.35. The fourth-order valence-electron chi connectivity index (χ4n) is 2.51. The Morgan fingerprint density at radius 3 is 2.43 bits per heavy atom. The van der Waals surface area contributed by atoms with E-state index in [-0.39, 0.29) is 11.8 Å². The average Bonchev–Trinajstić information content (AvgIpc) is 2.94. The second kappa shape index (κ2) is 5.40. The predicted molar refractivity (Wildman–Crippen MR) is 82.5 cm³/mol. The molecule has 2 aromatic rings. The summed E-state index contributed by atoms with van der Waals surface area (Å²) < 4.78 is 0. The highest BCUT2D eigenvalue weighted by Gasteiger charge is 2.32. The molecule has 1 N–H and O–H groups in total. The number of hydrogen-bond acceptors (Lipinski definition) is 3. The van der Waals surface area contributed by atoms with Crippen LogP contribution in [0.5, 0.6) is 0 Å². The first kappa shape index (κ1) is 13.4. The molecule has 0 saturated heterocycles. The molecule has 1 atom stereocenters. The van der Waals surface area contributed by atoms with Gasteiger partial charge in [0.2, 0.25) is 0 Å². The molecule has 0 radical (unpaired) electrons. The quantitative estimate of drug-likeness (QED) is 0.937. The van der Waals surface area contributed by atoms with E-state index in [1.54, 1.807) is 5.01 Å². The van der Waals surface area contributed by atoms with Gasteiger partial charge in [0, 0.05) is 6.42 Å². The second-order valence-electron chi connectivity index (χ2n) is 5.16. The van der Waals surface area contributed by atoms with Gasteiger partial charge in [-0.2, -0.15) is 5.10 Å². The van der Waals surface area contributed by atoms with Crippen molar-refractivity contribution in [2.45, 2.75) is 19.4 Å². The number of carboxylic acid groups (broad SMARTS) is 1. The molecule has 106 valence electrons. The Morgan fingerprint density at radius 2 is 1.81 bits per heavy atom. The van der Waals surface area contributed by atoms with Crippen molar-refractivity contribution >= 4 is 17.4 Å². The van der Waals surface area contributed by atoms with Crippen LogP contribution in [-0.2, 0) is 4.79 Å². The Balaban J connectivity index is 2.00. The van der Waals surface area contributed by atoms with Crippen LogP contribution in [0.4, 0.5) is 5.69 Å². The lowest BCUT2D eigenvalue weighted by atomic mass is 10.0. The molecule has 1 aliphatic heterocycles. The summed E-state index contributed by atoms with van der Waals surface area (Å²) in [5, 5.41) is 15.3. The maximum atomic E-state index is 11.3. The summed E-state index contributed by atoms with van der Waals surface area (Å²) >= 11 is 0. The summed E-state index contributed by atoms with van der Waals surface area (Å²) in [4.78, 5) is 11.3. The average molecular weight is 280 g/mol. The van der Waals surface area contributed by atoms with Gasteiger partial charge in [0.25, 0.3) is 0 Å². The van der Waals surface area contributed by atoms with Gasteiger partial charge in [0.1, 0.15) is 5.71 Å². The number of hydrogen-bond donors (Lipinski definition) is 1. The number of rotatable bonds is 3. The normalized spacial score (nSPS) is 17.7. The van der Waals surface area contributed by atoms with Gasteiger partial charge in [0.05, 0.1) is 11.7 Å². The zero-order valence-electron chi connectivity index (χ0n) is 11.7. The van der Waals surface area contributed by atoms with Crippen molar-refractivity contribution in [3.63, 3.8) is 0 Å². The van der Waals surface area contributed by atoms with Crippen LogP contribution in [-0.4, -0.2) is 16.8 Å². The smallest absolute Gasteiger partial charge is 0.352 e. The van der Waals surface area contributed by atoms with E-state index in [9.17, 15) is 9.90 Å². The molecule has 1 heterocycles. The third kappa shape index (κ3) is 2.65. The monoisotopic (exact) mass is 280 g/mol. The molecule has 21 heavy (non-hydrogen) atoms. The molecule has 3 rings (SSSR count). The fourth-order valence-corrected chi connectivity index (χ4v) is 2.51. The standard InChI is InChI=1S/C17H16N2O2/c1-12-7-9-14(10-8-12)19-16(11-15(18-19)17(20)21)13-5-3-2-4-6-13/h2-10,16H,11H2,1H3,(H,20,21)/t16-/m1/s1. The van der Waals surface area contributed by atoms with Crippen molar-refractivity contribution < 1.29 is 9.90 Å². The molecule has 0 aromatic heterocycles. The van der Waals surface area contributed by atoms with Crippen LogP contribution in [0.15, 0.2) is 59.7 Å². The summed E-state index contributed by atoms with van der Waals surface area (Å²) in [6.07, 6.45) is 0.410. The van der Waals surface area contributed by atoms with Crippen LogP contribution in [0.25, 0.3) is 0 Å². The molecular weight excluding hydrogens is 264 g/mol. The van der Waals surface area contributed by atoms with Crippen molar-refractivity contribution in [1.82, 2.24) is 0 Å². The lowest BCUT2D eigenvalue weighted by Crippen LogP contribution is -2.18. The Labute approximate surface area is 123 Å². The minimum Gasteiger partial charge on any atom is -0.477 e. The molecule has 4 heteroatoms. The molecule has 4 nitrogen and oxygen atoms in total. The van der Waals surface area contributed by atoms with E-state index in [0.717, 1.165) is 16.8 Å². The molecule has 0 bridgehead atoms. The minimum absolute atomic E-state index is 0.0694. The summed E-state index contributed by atoms with van der Waals surface area (Å²) in [7, 11) is 0. The zero-order chi connectivity index (χ0) is 14.8. The summed E-state index contributed by atoms with van der Waals surface area (Å²) in [5.74, 6) is -0.953. The van der Waals surface area contributed by atoms with E-state index in [1.807, 2.05) is 61.5 Å². The van der Waals surface area contributed by atoms with Gasteiger partial charge in [0.15, 0.2) is 0 Å². The fraction of sp³-hybridized carbons (Fsp3) is 0.176. The Morgan fingerprint density at radius 1 is 1.14 bits per heavy atom. The number of carboxylic acids is 1. The number of aryl methyl sites for hydroxylation is 1. The van der Waals surface area contributed by atoms with Crippen LogP contribution in [0.1, 0.15) is 23.6 Å². The van der Waals surface area contributed by atoms with Crippen LogP contribution in [0, 0.1) is 6.92 Å². The van der Waals surface area contributed by atoms with Crippen molar-refractivity contribution in [2.24, 2.45) is 5.10 Å². The summed E-state index contributed by atoms with van der Waals surface area (Å²) in [6.45, 7) is 2.02. The molecule has 0 aliphatic carbocycles.